The van der Waals surface area contributed by atoms with E-state index >= 15 is 0 Å². The maximum Gasteiger partial charge on any atom is 0.251 e. The third kappa shape index (κ3) is 5.77. The molecule has 10 heteroatoms. The molecule has 2 N–H and O–H groups in total. The number of sulfone groups is 1. The van der Waals surface area contributed by atoms with Crippen molar-refractivity contribution in [3.63, 3.8) is 0 Å². The van der Waals surface area contributed by atoms with Crippen molar-refractivity contribution in [3.05, 3.63) is 29.8 Å². The normalized spacial score (nSPS) is 19.9. The lowest BCUT2D eigenvalue weighted by Gasteiger charge is -2.12. The van der Waals surface area contributed by atoms with Gasteiger partial charge in [-0.2, -0.15) is 0 Å². The van der Waals surface area contributed by atoms with Crippen LogP contribution in [-0.4, -0.2) is 72.4 Å². The average Bonchev–Trinajstić information content (AvgIpc) is 2.85. The van der Waals surface area contributed by atoms with Crippen LogP contribution < -0.4 is 10.0 Å². The van der Waals surface area contributed by atoms with Crippen LogP contribution in [0.25, 0.3) is 0 Å². The molecule has 1 atom stereocenters. The van der Waals surface area contributed by atoms with Gasteiger partial charge in [0.05, 0.1) is 16.4 Å². The molecule has 1 unspecified atom stereocenters. The molecule has 1 aromatic rings. The summed E-state index contributed by atoms with van der Waals surface area (Å²) < 4.78 is 49.9. The van der Waals surface area contributed by atoms with Gasteiger partial charge in [0.15, 0.2) is 9.84 Å². The van der Waals surface area contributed by atoms with E-state index in [2.05, 4.69) is 10.0 Å². The van der Waals surface area contributed by atoms with Crippen LogP contribution in [0.5, 0.6) is 0 Å². The summed E-state index contributed by atoms with van der Waals surface area (Å²) >= 11 is 0. The number of hydrogen-bond acceptors (Lipinski definition) is 6. The van der Waals surface area contributed by atoms with Crippen LogP contribution in [0.1, 0.15) is 16.8 Å². The number of nitrogens with one attached hydrogen (secondary N) is 2. The number of likely N-dealkylation sites (N-methyl/N-ethyl adjacent to an activating group) is 1. The van der Waals surface area contributed by atoms with Gasteiger partial charge in [0.1, 0.15) is 0 Å². The fraction of sp³-hybridized carbons (Fsp3) is 0.533. The van der Waals surface area contributed by atoms with E-state index in [0.29, 0.717) is 18.7 Å². The second kappa shape index (κ2) is 7.81. The Morgan fingerprint density at radius 2 is 1.88 bits per heavy atom. The predicted molar refractivity (Wildman–Crippen MR) is 94.7 cm³/mol. The van der Waals surface area contributed by atoms with Crippen molar-refractivity contribution in [3.8, 4) is 0 Å². The fourth-order valence-electron chi connectivity index (χ4n) is 2.46. The number of hydrogen-bond donors (Lipinski definition) is 2. The van der Waals surface area contributed by atoms with Crippen LogP contribution in [0.4, 0.5) is 0 Å². The summed E-state index contributed by atoms with van der Waals surface area (Å²) in [6, 6.07) is 4.94. The Bertz CT molecular complexity index is 817. The van der Waals surface area contributed by atoms with Gasteiger partial charge < -0.3 is 10.2 Å². The molecule has 1 heterocycles. The molecule has 25 heavy (non-hydrogen) atoms. The van der Waals surface area contributed by atoms with Crippen molar-refractivity contribution in [2.24, 2.45) is 0 Å². The third-order valence-electron chi connectivity index (χ3n) is 3.83. The molecule has 0 aliphatic carbocycles. The first-order chi connectivity index (χ1) is 11.6. The summed E-state index contributed by atoms with van der Waals surface area (Å²) in [7, 11) is -3.19. The monoisotopic (exact) mass is 389 g/mol. The molecule has 0 radical (unpaired) electrons. The van der Waals surface area contributed by atoms with Crippen molar-refractivity contribution >= 4 is 25.8 Å². The van der Waals surface area contributed by atoms with Crippen molar-refractivity contribution in [1.82, 2.24) is 14.9 Å². The Hall–Kier alpha value is -1.49. The second-order valence-electron chi connectivity index (χ2n) is 6.30. The van der Waals surface area contributed by atoms with Gasteiger partial charge in [0.25, 0.3) is 5.91 Å². The summed E-state index contributed by atoms with van der Waals surface area (Å²) in [5.74, 6) is -0.467. The Kier molecular flexibility index (Phi) is 6.20. The van der Waals surface area contributed by atoms with Gasteiger partial charge in [-0.15, -0.1) is 0 Å². The van der Waals surface area contributed by atoms with Crippen LogP contribution in [-0.2, 0) is 19.9 Å². The fourth-order valence-corrected chi connectivity index (χ4v) is 5.51. The van der Waals surface area contributed by atoms with E-state index in [1.165, 1.54) is 24.3 Å². The molecular weight excluding hydrogens is 366 g/mol. The minimum absolute atomic E-state index is 0.00152. The van der Waals surface area contributed by atoms with E-state index in [4.69, 9.17) is 0 Å². The first kappa shape index (κ1) is 19.8. The largest absolute Gasteiger partial charge is 0.351 e. The molecule has 1 fully saturated rings. The number of amides is 1. The summed E-state index contributed by atoms with van der Waals surface area (Å²) in [5.41, 5.74) is 0.362. The molecule has 0 spiro atoms. The van der Waals surface area contributed by atoms with Gasteiger partial charge in [-0.05, 0) is 44.8 Å². The van der Waals surface area contributed by atoms with E-state index in [1.807, 2.05) is 19.0 Å². The molecule has 0 bridgehead atoms. The van der Waals surface area contributed by atoms with E-state index in [0.717, 1.165) is 0 Å². The Morgan fingerprint density at radius 3 is 2.40 bits per heavy atom. The molecule has 0 saturated carbocycles. The lowest BCUT2D eigenvalue weighted by molar-refractivity contribution is 0.0951. The molecule has 140 valence electrons. The molecule has 1 saturated heterocycles. The van der Waals surface area contributed by atoms with E-state index in [9.17, 15) is 21.6 Å². The summed E-state index contributed by atoms with van der Waals surface area (Å²) in [6.45, 7) is 1.19. The van der Waals surface area contributed by atoms with Crippen LogP contribution in [0.3, 0.4) is 0 Å². The zero-order chi connectivity index (χ0) is 18.7. The van der Waals surface area contributed by atoms with Crippen molar-refractivity contribution in [2.45, 2.75) is 17.4 Å². The first-order valence-electron chi connectivity index (χ1n) is 7.85. The average molecular weight is 389 g/mol. The lowest BCUT2D eigenvalue weighted by atomic mass is 10.2. The number of carbonyl (C=O) groups excluding carboxylic acids is 1. The highest BCUT2D eigenvalue weighted by Gasteiger charge is 2.31. The number of carbonyl (C=O) groups is 1. The van der Waals surface area contributed by atoms with Crippen LogP contribution in [0.2, 0.25) is 0 Å². The molecule has 0 aromatic heterocycles. The topological polar surface area (TPSA) is 113 Å². The molecule has 1 aliphatic heterocycles. The van der Waals surface area contributed by atoms with Gasteiger partial charge in [-0.1, -0.05) is 0 Å². The highest BCUT2D eigenvalue weighted by atomic mass is 32.2. The van der Waals surface area contributed by atoms with Gasteiger partial charge in [-0.25, -0.2) is 21.6 Å². The van der Waals surface area contributed by atoms with Gasteiger partial charge in [-0.3, -0.25) is 4.79 Å². The van der Waals surface area contributed by atoms with Crippen molar-refractivity contribution in [1.29, 1.82) is 0 Å². The zero-order valence-corrected chi connectivity index (χ0v) is 15.9. The predicted octanol–water partition coefficient (Wildman–Crippen LogP) is -0.557. The zero-order valence-electron chi connectivity index (χ0n) is 14.2. The minimum atomic E-state index is -3.82. The van der Waals surface area contributed by atoms with Crippen LogP contribution in [0, 0.1) is 0 Å². The summed E-state index contributed by atoms with van der Waals surface area (Å²) in [5, 5.41) is 2.74. The highest BCUT2D eigenvalue weighted by molar-refractivity contribution is 7.92. The molecule has 1 amide bonds. The standard InChI is InChI=1S/C15H23N3O5S2/c1-18(2)9-8-16-15(19)12-3-5-14(6-4-12)25(22,23)17-13-7-10-24(20,21)11-13/h3-6,13,17H,7-11H2,1-2H3,(H,16,19). The number of nitrogens with zero attached hydrogens (tertiary/aromatic N) is 1. The third-order valence-corrected chi connectivity index (χ3v) is 7.13. The molecule has 8 nitrogen and oxygen atoms in total. The highest BCUT2D eigenvalue weighted by Crippen LogP contribution is 2.16. The smallest absolute Gasteiger partial charge is 0.251 e. The molecule has 1 aliphatic rings. The Labute approximate surface area is 148 Å². The maximum atomic E-state index is 12.3. The first-order valence-corrected chi connectivity index (χ1v) is 11.2. The van der Waals surface area contributed by atoms with Crippen LogP contribution >= 0.6 is 0 Å². The van der Waals surface area contributed by atoms with Gasteiger partial charge in [0.2, 0.25) is 10.0 Å². The van der Waals surface area contributed by atoms with E-state index in [1.54, 1.807) is 0 Å². The minimum Gasteiger partial charge on any atom is -0.351 e. The van der Waals surface area contributed by atoms with Crippen molar-refractivity contribution < 1.29 is 21.6 Å². The quantitative estimate of drug-likeness (QED) is 0.647. The lowest BCUT2D eigenvalue weighted by Crippen LogP contribution is -2.35. The van der Waals surface area contributed by atoms with E-state index in [-0.39, 0.29) is 28.7 Å². The second-order valence-corrected chi connectivity index (χ2v) is 10.2. The number of sulfonamides is 1. The molecule has 2 rings (SSSR count). The number of rotatable bonds is 7. The van der Waals surface area contributed by atoms with Gasteiger partial charge in [0, 0.05) is 24.7 Å². The van der Waals surface area contributed by atoms with E-state index < -0.39 is 25.9 Å². The summed E-state index contributed by atoms with van der Waals surface area (Å²) in [6.07, 6.45) is 0.272. The molecular formula is C15H23N3O5S2. The Balaban J connectivity index is 1.99. The van der Waals surface area contributed by atoms with Crippen LogP contribution in [0.15, 0.2) is 29.2 Å². The van der Waals surface area contributed by atoms with Crippen molar-refractivity contribution in [2.75, 3.05) is 38.7 Å². The molecule has 1 aromatic carbocycles. The Morgan fingerprint density at radius 1 is 1.24 bits per heavy atom. The number of benzene rings is 1. The van der Waals surface area contributed by atoms with Gasteiger partial charge >= 0.3 is 0 Å². The SMILES string of the molecule is CN(C)CCNC(=O)c1ccc(S(=O)(=O)NC2CCS(=O)(=O)C2)cc1. The maximum absolute atomic E-state index is 12.3. The summed E-state index contributed by atoms with van der Waals surface area (Å²) in [4.78, 5) is 13.9.